The van der Waals surface area contributed by atoms with Gasteiger partial charge in [-0.05, 0) is 36.7 Å². The number of benzene rings is 1. The standard InChI is InChI=1S/C10H12Cl2FN/c11-4-6-14-5-3-8-7-9(12)1-2-10(8)13/h1-2,7,14H,3-6H2. The number of alkyl halides is 1. The Morgan fingerprint density at radius 1 is 1.29 bits per heavy atom. The topological polar surface area (TPSA) is 12.0 Å². The quantitative estimate of drug-likeness (QED) is 0.612. The van der Waals surface area contributed by atoms with Gasteiger partial charge in [-0.1, -0.05) is 11.6 Å². The van der Waals surface area contributed by atoms with Gasteiger partial charge in [0.25, 0.3) is 0 Å². The lowest BCUT2D eigenvalue weighted by Crippen LogP contribution is -2.19. The Morgan fingerprint density at radius 2 is 2.07 bits per heavy atom. The van der Waals surface area contributed by atoms with Crippen LogP contribution < -0.4 is 5.32 Å². The third-order valence-electron chi connectivity index (χ3n) is 1.85. The van der Waals surface area contributed by atoms with Gasteiger partial charge in [0.2, 0.25) is 0 Å². The first kappa shape index (κ1) is 11.8. The fraction of sp³-hybridized carbons (Fsp3) is 0.400. The molecule has 14 heavy (non-hydrogen) atoms. The predicted octanol–water partition coefficient (Wildman–Crippen LogP) is 2.85. The van der Waals surface area contributed by atoms with E-state index in [1.165, 1.54) is 6.07 Å². The van der Waals surface area contributed by atoms with E-state index < -0.39 is 0 Å². The number of hydrogen-bond donors (Lipinski definition) is 1. The lowest BCUT2D eigenvalue weighted by atomic mass is 10.1. The van der Waals surface area contributed by atoms with Crippen LogP contribution in [0.15, 0.2) is 18.2 Å². The predicted molar refractivity (Wildman–Crippen MR) is 58.7 cm³/mol. The molecule has 1 aromatic rings. The largest absolute Gasteiger partial charge is 0.315 e. The van der Waals surface area contributed by atoms with E-state index in [9.17, 15) is 4.39 Å². The minimum atomic E-state index is -0.206. The van der Waals surface area contributed by atoms with Crippen LogP contribution in [0.1, 0.15) is 5.56 Å². The van der Waals surface area contributed by atoms with Crippen LogP contribution in [0, 0.1) is 5.82 Å². The molecule has 0 saturated carbocycles. The number of halogens is 3. The van der Waals surface area contributed by atoms with Gasteiger partial charge in [0.1, 0.15) is 5.82 Å². The first-order valence-corrected chi connectivity index (χ1v) is 5.36. The molecule has 1 N–H and O–H groups in total. The molecule has 4 heteroatoms. The molecule has 0 saturated heterocycles. The molecule has 1 aromatic carbocycles. The van der Waals surface area contributed by atoms with E-state index in [2.05, 4.69) is 5.32 Å². The highest BCUT2D eigenvalue weighted by atomic mass is 35.5. The van der Waals surface area contributed by atoms with Crippen molar-refractivity contribution in [3.63, 3.8) is 0 Å². The van der Waals surface area contributed by atoms with Gasteiger partial charge < -0.3 is 5.32 Å². The lowest BCUT2D eigenvalue weighted by molar-refractivity contribution is 0.601. The molecule has 0 spiro atoms. The Bertz CT molecular complexity index is 291. The molecule has 0 radical (unpaired) electrons. The first-order chi connectivity index (χ1) is 6.74. The fourth-order valence-electron chi connectivity index (χ4n) is 1.15. The molecule has 1 nitrogen and oxygen atoms in total. The molecule has 0 atom stereocenters. The van der Waals surface area contributed by atoms with Crippen LogP contribution in [-0.2, 0) is 6.42 Å². The highest BCUT2D eigenvalue weighted by molar-refractivity contribution is 6.30. The van der Waals surface area contributed by atoms with Crippen molar-refractivity contribution in [3.05, 3.63) is 34.6 Å². The molecular weight excluding hydrogens is 224 g/mol. The van der Waals surface area contributed by atoms with Crippen molar-refractivity contribution in [3.8, 4) is 0 Å². The van der Waals surface area contributed by atoms with E-state index in [-0.39, 0.29) is 5.82 Å². The highest BCUT2D eigenvalue weighted by Crippen LogP contribution is 2.14. The van der Waals surface area contributed by atoms with Crippen molar-refractivity contribution in [2.24, 2.45) is 0 Å². The zero-order chi connectivity index (χ0) is 10.4. The van der Waals surface area contributed by atoms with Gasteiger partial charge in [0.05, 0.1) is 0 Å². The summed E-state index contributed by atoms with van der Waals surface area (Å²) in [5.41, 5.74) is 0.638. The van der Waals surface area contributed by atoms with Crippen molar-refractivity contribution in [2.75, 3.05) is 19.0 Å². The van der Waals surface area contributed by atoms with Crippen molar-refractivity contribution >= 4 is 23.2 Å². The van der Waals surface area contributed by atoms with E-state index in [0.717, 1.165) is 6.54 Å². The monoisotopic (exact) mass is 235 g/mol. The molecule has 0 fully saturated rings. The lowest BCUT2D eigenvalue weighted by Gasteiger charge is -2.04. The van der Waals surface area contributed by atoms with E-state index in [1.54, 1.807) is 12.1 Å². The van der Waals surface area contributed by atoms with Gasteiger partial charge in [0.15, 0.2) is 0 Å². The van der Waals surface area contributed by atoms with Crippen LogP contribution in [0.5, 0.6) is 0 Å². The summed E-state index contributed by atoms with van der Waals surface area (Å²) in [5, 5.41) is 3.66. The average Bonchev–Trinajstić information content (AvgIpc) is 2.18. The van der Waals surface area contributed by atoms with Crippen molar-refractivity contribution in [2.45, 2.75) is 6.42 Å². The van der Waals surface area contributed by atoms with Crippen LogP contribution in [0.3, 0.4) is 0 Å². The molecule has 0 heterocycles. The molecule has 1 rings (SSSR count). The SMILES string of the molecule is Fc1ccc(Cl)cc1CCNCCCl. The van der Waals surface area contributed by atoms with Gasteiger partial charge >= 0.3 is 0 Å². The average molecular weight is 236 g/mol. The minimum Gasteiger partial charge on any atom is -0.315 e. The Morgan fingerprint density at radius 3 is 2.79 bits per heavy atom. The molecule has 0 unspecified atom stereocenters. The Balaban J connectivity index is 2.45. The van der Waals surface area contributed by atoms with Crippen molar-refractivity contribution in [1.29, 1.82) is 0 Å². The van der Waals surface area contributed by atoms with Gasteiger partial charge in [-0.3, -0.25) is 0 Å². The zero-order valence-corrected chi connectivity index (χ0v) is 9.21. The summed E-state index contributed by atoms with van der Waals surface area (Å²) in [5.74, 6) is 0.361. The van der Waals surface area contributed by atoms with Crippen LogP contribution in [-0.4, -0.2) is 19.0 Å². The summed E-state index contributed by atoms with van der Waals surface area (Å²) in [6.45, 7) is 1.45. The minimum absolute atomic E-state index is 0.206. The summed E-state index contributed by atoms with van der Waals surface area (Å²) >= 11 is 11.2. The summed E-state index contributed by atoms with van der Waals surface area (Å²) in [7, 11) is 0. The summed E-state index contributed by atoms with van der Waals surface area (Å²) < 4.78 is 13.2. The summed E-state index contributed by atoms with van der Waals surface area (Å²) in [6, 6.07) is 4.59. The third kappa shape index (κ3) is 3.82. The fourth-order valence-corrected chi connectivity index (χ4v) is 1.48. The summed E-state index contributed by atoms with van der Waals surface area (Å²) in [4.78, 5) is 0. The second-order valence-electron chi connectivity index (χ2n) is 2.92. The Hall–Kier alpha value is -0.310. The smallest absolute Gasteiger partial charge is 0.126 e. The van der Waals surface area contributed by atoms with Gasteiger partial charge in [-0.15, -0.1) is 11.6 Å². The maximum atomic E-state index is 13.2. The normalized spacial score (nSPS) is 10.5. The number of rotatable bonds is 5. The maximum Gasteiger partial charge on any atom is 0.126 e. The Kier molecular flexibility index (Phi) is 5.23. The first-order valence-electron chi connectivity index (χ1n) is 4.44. The zero-order valence-electron chi connectivity index (χ0n) is 7.69. The molecule has 0 amide bonds. The molecule has 0 aromatic heterocycles. The molecule has 0 aliphatic carbocycles. The highest BCUT2D eigenvalue weighted by Gasteiger charge is 2.01. The second kappa shape index (κ2) is 6.23. The van der Waals surface area contributed by atoms with Gasteiger partial charge in [0, 0.05) is 17.4 Å². The van der Waals surface area contributed by atoms with E-state index in [1.807, 2.05) is 0 Å². The van der Waals surface area contributed by atoms with Gasteiger partial charge in [-0.25, -0.2) is 4.39 Å². The molecular formula is C10H12Cl2FN. The number of nitrogens with one attached hydrogen (secondary N) is 1. The molecule has 0 aliphatic heterocycles. The maximum absolute atomic E-state index is 13.2. The molecule has 0 bridgehead atoms. The summed E-state index contributed by atoms with van der Waals surface area (Å²) in [6.07, 6.45) is 0.628. The van der Waals surface area contributed by atoms with Crippen LogP contribution in [0.4, 0.5) is 4.39 Å². The van der Waals surface area contributed by atoms with Crippen molar-refractivity contribution < 1.29 is 4.39 Å². The van der Waals surface area contributed by atoms with Crippen LogP contribution in [0.2, 0.25) is 5.02 Å². The molecule has 78 valence electrons. The Labute approximate surface area is 93.2 Å². The van der Waals surface area contributed by atoms with E-state index in [0.29, 0.717) is 29.4 Å². The van der Waals surface area contributed by atoms with E-state index >= 15 is 0 Å². The van der Waals surface area contributed by atoms with Crippen LogP contribution >= 0.6 is 23.2 Å². The molecule has 0 aliphatic rings. The van der Waals surface area contributed by atoms with Crippen molar-refractivity contribution in [1.82, 2.24) is 5.32 Å². The second-order valence-corrected chi connectivity index (χ2v) is 3.74. The van der Waals surface area contributed by atoms with E-state index in [4.69, 9.17) is 23.2 Å². The third-order valence-corrected chi connectivity index (χ3v) is 2.27. The number of hydrogen-bond acceptors (Lipinski definition) is 1. The van der Waals surface area contributed by atoms with Crippen LogP contribution in [0.25, 0.3) is 0 Å². The van der Waals surface area contributed by atoms with Gasteiger partial charge in [-0.2, -0.15) is 0 Å².